The first-order valence-electron chi connectivity index (χ1n) is 15.9. The minimum atomic E-state index is -4.15. The second kappa shape index (κ2) is 15.7. The van der Waals surface area contributed by atoms with E-state index < -0.39 is 28.5 Å². The van der Waals surface area contributed by atoms with E-state index in [9.17, 15) is 18.0 Å². The number of hydrogen-bond donors (Lipinski definition) is 1. The molecule has 0 fully saturated rings. The van der Waals surface area contributed by atoms with Gasteiger partial charge in [0.25, 0.3) is 10.0 Å². The number of aryl methyl sites for hydroxylation is 3. The molecule has 2 atom stereocenters. The van der Waals surface area contributed by atoms with Crippen molar-refractivity contribution in [1.82, 2.24) is 10.2 Å². The number of amides is 2. The minimum absolute atomic E-state index is 0.0948. The van der Waals surface area contributed by atoms with Crippen LogP contribution in [0.4, 0.5) is 5.69 Å². The first kappa shape index (κ1) is 34.4. The quantitative estimate of drug-likeness (QED) is 0.168. The Morgan fingerprint density at radius 3 is 2.09 bits per heavy atom. The van der Waals surface area contributed by atoms with E-state index in [4.69, 9.17) is 0 Å². The van der Waals surface area contributed by atoms with E-state index in [0.717, 1.165) is 34.2 Å². The van der Waals surface area contributed by atoms with Crippen LogP contribution in [-0.4, -0.2) is 43.8 Å². The monoisotopic (exact) mass is 639 g/mol. The molecule has 0 saturated heterocycles. The summed E-state index contributed by atoms with van der Waals surface area (Å²) < 4.78 is 29.9. The highest BCUT2D eigenvalue weighted by Gasteiger charge is 2.35. The van der Waals surface area contributed by atoms with Gasteiger partial charge in [-0.15, -0.1) is 0 Å². The van der Waals surface area contributed by atoms with Gasteiger partial charge in [0.1, 0.15) is 12.6 Å². The highest BCUT2D eigenvalue weighted by atomic mass is 32.2. The maximum atomic E-state index is 14.7. The molecule has 2 amide bonds. The number of carbonyl (C=O) groups excluding carboxylic acids is 2. The molecular formula is C38H45N3O4S. The number of carbonyl (C=O) groups is 2. The van der Waals surface area contributed by atoms with E-state index in [1.165, 1.54) is 4.31 Å². The summed E-state index contributed by atoms with van der Waals surface area (Å²) in [7, 11) is -4.15. The van der Waals surface area contributed by atoms with Gasteiger partial charge in [-0.1, -0.05) is 110 Å². The lowest BCUT2D eigenvalue weighted by atomic mass is 10.0. The second-order valence-electron chi connectivity index (χ2n) is 11.8. The number of nitrogens with one attached hydrogen (secondary N) is 1. The molecule has 4 rings (SSSR count). The van der Waals surface area contributed by atoms with Crippen LogP contribution in [-0.2, 0) is 39.0 Å². The van der Waals surface area contributed by atoms with Crippen LogP contribution in [0.5, 0.6) is 0 Å². The Bertz CT molecular complexity index is 1720. The van der Waals surface area contributed by atoms with Gasteiger partial charge in [0.05, 0.1) is 10.6 Å². The number of para-hydroxylation sites is 1. The molecular weight excluding hydrogens is 595 g/mol. The molecule has 4 aromatic rings. The molecule has 1 N–H and O–H groups in total. The van der Waals surface area contributed by atoms with Crippen LogP contribution >= 0.6 is 0 Å². The molecule has 0 saturated carbocycles. The predicted molar refractivity (Wildman–Crippen MR) is 185 cm³/mol. The van der Waals surface area contributed by atoms with E-state index in [0.29, 0.717) is 12.1 Å². The lowest BCUT2D eigenvalue weighted by molar-refractivity contribution is -0.140. The van der Waals surface area contributed by atoms with Crippen molar-refractivity contribution in [2.45, 2.75) is 77.4 Å². The standard InChI is InChI=1S/C38H45N3O4S/c1-6-30(5)39-38(43)36(25-31-15-9-8-10-16-31)40(26-32-17-13-14-29(4)24-32)37(42)27-41(35-19-12-11-18-33(35)7-2)46(44,45)34-22-20-28(3)21-23-34/h8-24,30,36H,6-7,25-27H2,1-5H3,(H,39,43)/t30-,36-/m1/s1. The highest BCUT2D eigenvalue weighted by molar-refractivity contribution is 7.92. The molecule has 0 heterocycles. The molecule has 0 aliphatic rings. The summed E-state index contributed by atoms with van der Waals surface area (Å²) in [6, 6.07) is 30.3. The van der Waals surface area contributed by atoms with Crippen molar-refractivity contribution < 1.29 is 18.0 Å². The van der Waals surface area contributed by atoms with Crippen molar-refractivity contribution in [2.24, 2.45) is 0 Å². The van der Waals surface area contributed by atoms with Crippen molar-refractivity contribution in [3.8, 4) is 0 Å². The lowest BCUT2D eigenvalue weighted by Gasteiger charge is -2.34. The maximum Gasteiger partial charge on any atom is 0.264 e. The molecule has 0 spiro atoms. The highest BCUT2D eigenvalue weighted by Crippen LogP contribution is 2.29. The molecule has 4 aromatic carbocycles. The summed E-state index contributed by atoms with van der Waals surface area (Å²) in [6.45, 7) is 9.42. The molecule has 0 unspecified atom stereocenters. The number of anilines is 1. The lowest BCUT2D eigenvalue weighted by Crippen LogP contribution is -2.54. The molecule has 242 valence electrons. The Morgan fingerprint density at radius 1 is 0.783 bits per heavy atom. The molecule has 0 aliphatic heterocycles. The molecule has 8 heteroatoms. The van der Waals surface area contributed by atoms with E-state index in [1.54, 1.807) is 41.3 Å². The Hall–Kier alpha value is -4.43. The third-order valence-corrected chi connectivity index (χ3v) is 10.0. The Balaban J connectivity index is 1.84. The minimum Gasteiger partial charge on any atom is -0.352 e. The Morgan fingerprint density at radius 2 is 1.43 bits per heavy atom. The largest absolute Gasteiger partial charge is 0.352 e. The number of nitrogens with zero attached hydrogens (tertiary/aromatic N) is 2. The molecule has 46 heavy (non-hydrogen) atoms. The van der Waals surface area contributed by atoms with Gasteiger partial charge in [-0.05, 0) is 68.5 Å². The predicted octanol–water partition coefficient (Wildman–Crippen LogP) is 6.62. The summed E-state index contributed by atoms with van der Waals surface area (Å²) in [4.78, 5) is 30.3. The fraction of sp³-hybridized carbons (Fsp3) is 0.316. The number of rotatable bonds is 14. The van der Waals surface area contributed by atoms with Crippen molar-refractivity contribution in [1.29, 1.82) is 0 Å². The average Bonchev–Trinajstić information content (AvgIpc) is 3.05. The Labute approximate surface area is 274 Å². The van der Waals surface area contributed by atoms with Gasteiger partial charge < -0.3 is 10.2 Å². The van der Waals surface area contributed by atoms with Crippen LogP contribution in [0.25, 0.3) is 0 Å². The topological polar surface area (TPSA) is 86.8 Å². The van der Waals surface area contributed by atoms with Crippen molar-refractivity contribution >= 4 is 27.5 Å². The smallest absolute Gasteiger partial charge is 0.264 e. The van der Waals surface area contributed by atoms with Gasteiger partial charge in [-0.2, -0.15) is 0 Å². The van der Waals surface area contributed by atoms with Gasteiger partial charge in [-0.25, -0.2) is 8.42 Å². The van der Waals surface area contributed by atoms with E-state index in [-0.39, 0.29) is 29.8 Å². The third kappa shape index (κ3) is 8.63. The van der Waals surface area contributed by atoms with Gasteiger partial charge in [0, 0.05) is 19.0 Å². The van der Waals surface area contributed by atoms with Crippen molar-refractivity contribution in [2.75, 3.05) is 10.8 Å². The zero-order valence-electron chi connectivity index (χ0n) is 27.4. The second-order valence-corrected chi connectivity index (χ2v) is 13.7. The van der Waals surface area contributed by atoms with Crippen molar-refractivity contribution in [3.05, 3.63) is 131 Å². The van der Waals surface area contributed by atoms with E-state index in [2.05, 4.69) is 5.32 Å². The van der Waals surface area contributed by atoms with Crippen LogP contribution in [0, 0.1) is 13.8 Å². The zero-order chi connectivity index (χ0) is 33.3. The van der Waals surface area contributed by atoms with Gasteiger partial charge >= 0.3 is 0 Å². The fourth-order valence-electron chi connectivity index (χ4n) is 5.41. The zero-order valence-corrected chi connectivity index (χ0v) is 28.3. The summed E-state index contributed by atoms with van der Waals surface area (Å²) in [6.07, 6.45) is 1.58. The molecule has 0 bridgehead atoms. The average molecular weight is 640 g/mol. The summed E-state index contributed by atoms with van der Waals surface area (Å²) in [5.41, 5.74) is 4.94. The van der Waals surface area contributed by atoms with Crippen molar-refractivity contribution in [3.63, 3.8) is 0 Å². The van der Waals surface area contributed by atoms with Gasteiger partial charge in [0.15, 0.2) is 0 Å². The van der Waals surface area contributed by atoms with Crippen LogP contribution in [0.3, 0.4) is 0 Å². The van der Waals surface area contributed by atoms with Crippen LogP contribution < -0.4 is 9.62 Å². The Kier molecular flexibility index (Phi) is 11.8. The summed E-state index contributed by atoms with van der Waals surface area (Å²) in [5.74, 6) is -0.746. The SMILES string of the molecule is CCc1ccccc1N(CC(=O)N(Cc1cccc(C)c1)[C@H](Cc1ccccc1)C(=O)N[C@H](C)CC)S(=O)(=O)c1ccc(C)cc1. The van der Waals surface area contributed by atoms with Crippen LogP contribution in [0.15, 0.2) is 108 Å². The number of sulfonamides is 1. The van der Waals surface area contributed by atoms with E-state index in [1.807, 2.05) is 101 Å². The normalized spacial score (nSPS) is 12.6. The summed E-state index contributed by atoms with van der Waals surface area (Å²) in [5, 5.41) is 3.08. The summed E-state index contributed by atoms with van der Waals surface area (Å²) >= 11 is 0. The fourth-order valence-corrected chi connectivity index (χ4v) is 6.86. The molecule has 7 nitrogen and oxygen atoms in total. The van der Waals surface area contributed by atoms with E-state index >= 15 is 0 Å². The molecule has 0 radical (unpaired) electrons. The first-order chi connectivity index (χ1) is 22.0. The van der Waals surface area contributed by atoms with Gasteiger partial charge in [-0.3, -0.25) is 13.9 Å². The molecule has 0 aliphatic carbocycles. The van der Waals surface area contributed by atoms with Crippen LogP contribution in [0.2, 0.25) is 0 Å². The van der Waals surface area contributed by atoms with Crippen LogP contribution in [0.1, 0.15) is 55.0 Å². The first-order valence-corrected chi connectivity index (χ1v) is 17.3. The molecule has 0 aromatic heterocycles. The number of hydrogen-bond acceptors (Lipinski definition) is 4. The maximum absolute atomic E-state index is 14.7. The van der Waals surface area contributed by atoms with Gasteiger partial charge in [0.2, 0.25) is 11.8 Å². The third-order valence-electron chi connectivity index (χ3n) is 8.24. The number of benzene rings is 4.